The first-order valence-corrected chi connectivity index (χ1v) is 7.28. The molecule has 2 heterocycles. The number of rotatable bonds is 5. The summed E-state index contributed by atoms with van der Waals surface area (Å²) in [5, 5.41) is 5.81. The van der Waals surface area contributed by atoms with Crippen LogP contribution in [0, 0.1) is 0 Å². The van der Waals surface area contributed by atoms with Crippen molar-refractivity contribution in [2.24, 2.45) is 0 Å². The van der Waals surface area contributed by atoms with Gasteiger partial charge >= 0.3 is 5.63 Å². The van der Waals surface area contributed by atoms with Gasteiger partial charge in [-0.1, -0.05) is 18.2 Å². The van der Waals surface area contributed by atoms with Crippen molar-refractivity contribution in [1.82, 2.24) is 10.6 Å². The number of carbonyl (C=O) groups is 2. The number of nitrogens with one attached hydrogen (secondary N) is 2. The van der Waals surface area contributed by atoms with E-state index in [-0.39, 0.29) is 30.3 Å². The molecule has 122 valence electrons. The summed E-state index contributed by atoms with van der Waals surface area (Å²) in [5.41, 5.74) is -0.360. The average molecular weight is 326 g/mol. The average Bonchev–Trinajstić information content (AvgIpc) is 3.12. The lowest BCUT2D eigenvalue weighted by Crippen LogP contribution is -2.36. The van der Waals surface area contributed by atoms with Crippen molar-refractivity contribution >= 4 is 22.8 Å². The fourth-order valence-electron chi connectivity index (χ4n) is 2.16. The Morgan fingerprint density at radius 1 is 0.958 bits per heavy atom. The van der Waals surface area contributed by atoms with Gasteiger partial charge in [0.05, 0.1) is 6.26 Å². The van der Waals surface area contributed by atoms with Gasteiger partial charge in [-0.05, 0) is 24.3 Å². The second-order valence-electron chi connectivity index (χ2n) is 4.97. The van der Waals surface area contributed by atoms with Gasteiger partial charge in [0.1, 0.15) is 11.1 Å². The molecular formula is C17H14N2O5. The molecule has 2 N–H and O–H groups in total. The molecule has 0 radical (unpaired) electrons. The van der Waals surface area contributed by atoms with Crippen molar-refractivity contribution in [3.05, 3.63) is 70.5 Å². The Morgan fingerprint density at radius 2 is 1.71 bits per heavy atom. The van der Waals surface area contributed by atoms with Gasteiger partial charge in [0, 0.05) is 18.5 Å². The van der Waals surface area contributed by atoms with Crippen LogP contribution in [0.2, 0.25) is 0 Å². The second kappa shape index (κ2) is 6.82. The number of hydrogen-bond donors (Lipinski definition) is 2. The number of carbonyl (C=O) groups excluding carboxylic acids is 2. The monoisotopic (exact) mass is 326 g/mol. The zero-order chi connectivity index (χ0) is 16.9. The Kier molecular flexibility index (Phi) is 4.42. The minimum atomic E-state index is -0.703. The predicted molar refractivity (Wildman–Crippen MR) is 85.9 cm³/mol. The summed E-state index contributed by atoms with van der Waals surface area (Å²) in [7, 11) is 0. The molecule has 3 aromatic rings. The summed E-state index contributed by atoms with van der Waals surface area (Å²) in [6.45, 7) is 0.363. The molecule has 0 aliphatic rings. The zero-order valence-electron chi connectivity index (χ0n) is 12.6. The highest BCUT2D eigenvalue weighted by molar-refractivity contribution is 5.96. The summed E-state index contributed by atoms with van der Waals surface area (Å²) < 4.78 is 10.1. The number of furan rings is 1. The third-order valence-corrected chi connectivity index (χ3v) is 3.33. The van der Waals surface area contributed by atoms with E-state index in [4.69, 9.17) is 8.83 Å². The topological polar surface area (TPSA) is 102 Å². The van der Waals surface area contributed by atoms with Gasteiger partial charge in [-0.15, -0.1) is 0 Å². The van der Waals surface area contributed by atoms with E-state index in [1.807, 2.05) is 0 Å². The van der Waals surface area contributed by atoms with E-state index in [2.05, 4.69) is 10.6 Å². The molecule has 0 saturated heterocycles. The van der Waals surface area contributed by atoms with Crippen molar-refractivity contribution < 1.29 is 18.4 Å². The highest BCUT2D eigenvalue weighted by Gasteiger charge is 2.13. The van der Waals surface area contributed by atoms with Crippen LogP contribution in [0.5, 0.6) is 0 Å². The van der Waals surface area contributed by atoms with Gasteiger partial charge in [0.2, 0.25) is 0 Å². The lowest BCUT2D eigenvalue weighted by molar-refractivity contribution is 0.0909. The van der Waals surface area contributed by atoms with Crippen molar-refractivity contribution in [2.45, 2.75) is 0 Å². The second-order valence-corrected chi connectivity index (χ2v) is 4.97. The predicted octanol–water partition coefficient (Wildman–Crippen LogP) is 1.55. The molecule has 0 bridgehead atoms. The molecule has 24 heavy (non-hydrogen) atoms. The largest absolute Gasteiger partial charge is 0.459 e. The number of para-hydroxylation sites is 1. The Morgan fingerprint density at radius 3 is 2.46 bits per heavy atom. The lowest BCUT2D eigenvalue weighted by atomic mass is 10.2. The Hall–Kier alpha value is -3.35. The van der Waals surface area contributed by atoms with Crippen LogP contribution in [-0.2, 0) is 0 Å². The number of benzene rings is 1. The maximum Gasteiger partial charge on any atom is 0.349 e. The van der Waals surface area contributed by atoms with Crippen molar-refractivity contribution in [3.63, 3.8) is 0 Å². The molecule has 2 aromatic heterocycles. The Balaban J connectivity index is 1.58. The molecule has 0 aliphatic carbocycles. The summed E-state index contributed by atoms with van der Waals surface area (Å²) in [4.78, 5) is 35.6. The highest BCUT2D eigenvalue weighted by Crippen LogP contribution is 2.12. The molecule has 3 rings (SSSR count). The van der Waals surface area contributed by atoms with E-state index in [1.165, 1.54) is 18.4 Å². The van der Waals surface area contributed by atoms with E-state index in [1.54, 1.807) is 30.3 Å². The van der Waals surface area contributed by atoms with Crippen LogP contribution in [0.4, 0.5) is 0 Å². The van der Waals surface area contributed by atoms with Gasteiger partial charge in [-0.2, -0.15) is 0 Å². The molecule has 1 aromatic carbocycles. The minimum absolute atomic E-state index is 0.0777. The van der Waals surface area contributed by atoms with E-state index in [0.29, 0.717) is 11.0 Å². The van der Waals surface area contributed by atoms with E-state index >= 15 is 0 Å². The number of amides is 2. The van der Waals surface area contributed by atoms with Crippen LogP contribution < -0.4 is 16.3 Å². The minimum Gasteiger partial charge on any atom is -0.459 e. The first-order chi connectivity index (χ1) is 11.6. The summed E-state index contributed by atoms with van der Waals surface area (Å²) in [5.74, 6) is -0.738. The molecule has 0 spiro atoms. The highest BCUT2D eigenvalue weighted by atomic mass is 16.4. The quantitative estimate of drug-likeness (QED) is 0.547. The van der Waals surface area contributed by atoms with Crippen LogP contribution in [-0.4, -0.2) is 24.9 Å². The van der Waals surface area contributed by atoms with Crippen molar-refractivity contribution in [3.8, 4) is 0 Å². The summed E-state index contributed by atoms with van der Waals surface area (Å²) in [6, 6.07) is 11.6. The molecule has 2 amide bonds. The zero-order valence-corrected chi connectivity index (χ0v) is 12.6. The third kappa shape index (κ3) is 3.35. The van der Waals surface area contributed by atoms with Gasteiger partial charge in [0.15, 0.2) is 5.76 Å². The van der Waals surface area contributed by atoms with E-state index in [9.17, 15) is 14.4 Å². The molecule has 0 fully saturated rings. The van der Waals surface area contributed by atoms with Gasteiger partial charge < -0.3 is 19.5 Å². The molecular weight excluding hydrogens is 312 g/mol. The molecule has 0 saturated carbocycles. The van der Waals surface area contributed by atoms with Gasteiger partial charge in [0.25, 0.3) is 11.8 Å². The van der Waals surface area contributed by atoms with Crippen LogP contribution in [0.1, 0.15) is 20.9 Å². The normalized spacial score (nSPS) is 10.5. The van der Waals surface area contributed by atoms with Gasteiger partial charge in [-0.3, -0.25) is 9.59 Å². The maximum absolute atomic E-state index is 12.1. The molecule has 7 heteroatoms. The molecule has 0 atom stereocenters. The maximum atomic E-state index is 12.1. The standard InChI is InChI=1S/C17H14N2O5/c20-15(18-7-8-19-16(21)14-6-3-9-23-14)12-10-11-4-1-2-5-13(11)24-17(12)22/h1-6,9-10H,7-8H2,(H,18,20)(H,19,21). The summed E-state index contributed by atoms with van der Waals surface area (Å²) in [6.07, 6.45) is 1.40. The molecule has 7 nitrogen and oxygen atoms in total. The Bertz CT molecular complexity index is 928. The van der Waals surface area contributed by atoms with E-state index in [0.717, 1.165) is 0 Å². The first kappa shape index (κ1) is 15.5. The van der Waals surface area contributed by atoms with Crippen LogP contribution in [0.15, 0.2) is 62.4 Å². The molecule has 0 aliphatic heterocycles. The number of fused-ring (bicyclic) bond motifs is 1. The first-order valence-electron chi connectivity index (χ1n) is 7.28. The fraction of sp³-hybridized carbons (Fsp3) is 0.118. The van der Waals surface area contributed by atoms with E-state index < -0.39 is 11.5 Å². The smallest absolute Gasteiger partial charge is 0.349 e. The third-order valence-electron chi connectivity index (χ3n) is 3.33. The fourth-order valence-corrected chi connectivity index (χ4v) is 2.16. The lowest BCUT2D eigenvalue weighted by Gasteiger charge is -2.06. The van der Waals surface area contributed by atoms with Crippen LogP contribution in [0.25, 0.3) is 11.0 Å². The van der Waals surface area contributed by atoms with Crippen molar-refractivity contribution in [2.75, 3.05) is 13.1 Å². The van der Waals surface area contributed by atoms with Crippen molar-refractivity contribution in [1.29, 1.82) is 0 Å². The number of hydrogen-bond acceptors (Lipinski definition) is 5. The van der Waals surface area contributed by atoms with Crippen LogP contribution in [0.3, 0.4) is 0 Å². The van der Waals surface area contributed by atoms with Gasteiger partial charge in [-0.25, -0.2) is 4.79 Å². The molecule has 0 unspecified atom stereocenters. The van der Waals surface area contributed by atoms with Crippen LogP contribution >= 0.6 is 0 Å². The SMILES string of the molecule is O=C(NCCNC(=O)c1cc2ccccc2oc1=O)c1ccco1. The Labute approximate surface area is 136 Å². The summed E-state index contributed by atoms with van der Waals surface area (Å²) >= 11 is 0.